The third-order valence-corrected chi connectivity index (χ3v) is 6.42. The van der Waals surface area contributed by atoms with Gasteiger partial charge in [0, 0.05) is 5.56 Å². The van der Waals surface area contributed by atoms with Crippen molar-refractivity contribution in [3.63, 3.8) is 0 Å². The minimum Gasteiger partial charge on any atom is -0.320 e. The number of hydrogen-bond donors (Lipinski definition) is 0. The van der Waals surface area contributed by atoms with Gasteiger partial charge < -0.3 is 4.48 Å². The van der Waals surface area contributed by atoms with Crippen LogP contribution in [0.3, 0.4) is 0 Å². The maximum Gasteiger partial charge on any atom is 0.104 e. The topological polar surface area (TPSA) is 0 Å². The summed E-state index contributed by atoms with van der Waals surface area (Å²) < 4.78 is 1.31. The zero-order valence-corrected chi connectivity index (χ0v) is 20.3. The quantitative estimate of drug-likeness (QED) is 0.171. The second kappa shape index (κ2) is 15.7. The van der Waals surface area contributed by atoms with E-state index in [0.717, 1.165) is 5.57 Å². The Kier molecular flexibility index (Phi) is 14.1. The molecule has 0 spiro atoms. The zero-order chi connectivity index (χ0) is 21.4. The van der Waals surface area contributed by atoms with Crippen LogP contribution in [-0.2, 0) is 6.54 Å². The molecular weight excluding hydrogens is 350 g/mol. The molecular formula is C28H50N+. The third kappa shape index (κ3) is 11.0. The van der Waals surface area contributed by atoms with Crippen LogP contribution in [0.4, 0.5) is 0 Å². The molecule has 0 aliphatic rings. The lowest BCUT2D eigenvalue weighted by molar-refractivity contribution is -0.941. The van der Waals surface area contributed by atoms with Crippen molar-refractivity contribution in [3.05, 3.63) is 42.0 Å². The third-order valence-electron chi connectivity index (χ3n) is 6.42. The van der Waals surface area contributed by atoms with Gasteiger partial charge in [-0.05, 0) is 51.0 Å². The fraction of sp³-hybridized carbons (Fsp3) is 0.714. The summed E-state index contributed by atoms with van der Waals surface area (Å²) in [5, 5.41) is 0. The van der Waals surface area contributed by atoms with E-state index in [0.29, 0.717) is 0 Å². The lowest BCUT2D eigenvalue weighted by atomic mass is 10.0. The summed E-state index contributed by atoms with van der Waals surface area (Å²) in [6, 6.07) is 9.28. The smallest absolute Gasteiger partial charge is 0.104 e. The van der Waals surface area contributed by atoms with Gasteiger partial charge in [-0.15, -0.1) is 0 Å². The number of rotatable bonds is 18. The van der Waals surface area contributed by atoms with Crippen molar-refractivity contribution in [1.82, 2.24) is 0 Å². The van der Waals surface area contributed by atoms with Crippen molar-refractivity contribution in [2.75, 3.05) is 19.6 Å². The molecule has 1 heteroatoms. The summed E-state index contributed by atoms with van der Waals surface area (Å²) >= 11 is 0. The Labute approximate surface area is 183 Å². The maximum absolute atomic E-state index is 4.10. The predicted molar refractivity (Wildman–Crippen MR) is 132 cm³/mol. The van der Waals surface area contributed by atoms with Gasteiger partial charge in [0.05, 0.1) is 19.6 Å². The highest BCUT2D eigenvalue weighted by Gasteiger charge is 2.26. The Morgan fingerprint density at radius 2 is 1.07 bits per heavy atom. The van der Waals surface area contributed by atoms with Crippen LogP contribution in [0.5, 0.6) is 0 Å². The largest absolute Gasteiger partial charge is 0.320 e. The summed E-state index contributed by atoms with van der Waals surface area (Å²) in [6.07, 6.45) is 16.5. The predicted octanol–water partition coefficient (Wildman–Crippen LogP) is 8.78. The van der Waals surface area contributed by atoms with E-state index in [4.69, 9.17) is 0 Å². The van der Waals surface area contributed by atoms with E-state index in [-0.39, 0.29) is 0 Å². The minimum atomic E-state index is 1.16. The molecule has 0 aliphatic carbocycles. The fourth-order valence-electron chi connectivity index (χ4n) is 4.48. The number of allylic oxidation sites excluding steroid dienone is 1. The molecule has 0 radical (unpaired) electrons. The van der Waals surface area contributed by atoms with E-state index in [1.165, 1.54) is 119 Å². The van der Waals surface area contributed by atoms with E-state index in [2.05, 4.69) is 58.5 Å². The highest BCUT2D eigenvalue weighted by atomic mass is 15.3. The van der Waals surface area contributed by atoms with Crippen LogP contribution >= 0.6 is 0 Å². The average Bonchev–Trinajstić information content (AvgIpc) is 2.72. The van der Waals surface area contributed by atoms with Crippen LogP contribution in [0.1, 0.15) is 116 Å². The standard InChI is InChI=1S/C28H50N/c1-6-9-12-15-22-29(23-16-13-10-7-2,24-17-14-11-8-3)25-27-18-20-28(21-19-27)26(4)5/h18-21H,4,6-17,22-25H2,1-3,5H3/q+1. The Bertz CT molecular complexity index is 496. The first-order chi connectivity index (χ1) is 14.1. The molecule has 0 fully saturated rings. The molecule has 166 valence electrons. The summed E-state index contributed by atoms with van der Waals surface area (Å²) in [5.41, 5.74) is 3.95. The van der Waals surface area contributed by atoms with Crippen LogP contribution in [0.15, 0.2) is 30.8 Å². The van der Waals surface area contributed by atoms with Gasteiger partial charge >= 0.3 is 0 Å². The van der Waals surface area contributed by atoms with E-state index < -0.39 is 0 Å². The number of nitrogens with zero attached hydrogens (tertiary/aromatic N) is 1. The van der Waals surface area contributed by atoms with Crippen molar-refractivity contribution in [1.29, 1.82) is 0 Å². The Morgan fingerprint density at radius 3 is 1.41 bits per heavy atom. The molecule has 29 heavy (non-hydrogen) atoms. The molecule has 0 bridgehead atoms. The number of hydrogen-bond acceptors (Lipinski definition) is 0. The average molecular weight is 401 g/mol. The van der Waals surface area contributed by atoms with Crippen LogP contribution in [0.25, 0.3) is 5.57 Å². The first kappa shape index (κ1) is 26.0. The lowest BCUT2D eigenvalue weighted by Gasteiger charge is -2.39. The molecule has 0 saturated heterocycles. The Morgan fingerprint density at radius 1 is 0.655 bits per heavy atom. The van der Waals surface area contributed by atoms with Crippen molar-refractivity contribution < 1.29 is 4.48 Å². The number of benzene rings is 1. The fourth-order valence-corrected chi connectivity index (χ4v) is 4.48. The van der Waals surface area contributed by atoms with Gasteiger partial charge in [-0.25, -0.2) is 0 Å². The highest BCUT2D eigenvalue weighted by Crippen LogP contribution is 2.23. The van der Waals surface area contributed by atoms with Gasteiger partial charge in [0.25, 0.3) is 0 Å². The van der Waals surface area contributed by atoms with Gasteiger partial charge in [0.1, 0.15) is 6.54 Å². The molecule has 0 N–H and O–H groups in total. The molecule has 0 atom stereocenters. The van der Waals surface area contributed by atoms with Crippen LogP contribution in [-0.4, -0.2) is 24.1 Å². The minimum absolute atomic E-state index is 1.16. The van der Waals surface area contributed by atoms with E-state index >= 15 is 0 Å². The van der Waals surface area contributed by atoms with Crippen molar-refractivity contribution in [2.24, 2.45) is 0 Å². The molecule has 0 saturated carbocycles. The normalized spacial score (nSPS) is 11.7. The highest BCUT2D eigenvalue weighted by molar-refractivity contribution is 5.61. The van der Waals surface area contributed by atoms with Gasteiger partial charge in [-0.1, -0.05) is 95.7 Å². The summed E-state index contributed by atoms with van der Waals surface area (Å²) in [4.78, 5) is 0. The maximum atomic E-state index is 4.10. The SMILES string of the molecule is C=C(C)c1ccc(C[N+](CCCCCC)(CCCCCC)CCCCCC)cc1. The molecule has 0 heterocycles. The molecule has 0 aliphatic heterocycles. The Balaban J connectivity index is 2.91. The number of quaternary nitrogens is 1. The van der Waals surface area contributed by atoms with Crippen molar-refractivity contribution >= 4 is 5.57 Å². The molecule has 1 rings (SSSR count). The van der Waals surface area contributed by atoms with Gasteiger partial charge in [-0.2, -0.15) is 0 Å². The van der Waals surface area contributed by atoms with E-state index in [1.54, 1.807) is 0 Å². The molecule has 0 unspecified atom stereocenters. The molecule has 1 aromatic carbocycles. The van der Waals surface area contributed by atoms with E-state index in [1.807, 2.05) is 0 Å². The second-order valence-electron chi connectivity index (χ2n) is 9.33. The monoisotopic (exact) mass is 400 g/mol. The molecule has 1 aromatic rings. The molecule has 0 amide bonds. The zero-order valence-electron chi connectivity index (χ0n) is 20.3. The second-order valence-corrected chi connectivity index (χ2v) is 9.33. The van der Waals surface area contributed by atoms with E-state index in [9.17, 15) is 0 Å². The van der Waals surface area contributed by atoms with Crippen LogP contribution in [0.2, 0.25) is 0 Å². The van der Waals surface area contributed by atoms with Crippen molar-refractivity contribution in [2.45, 2.75) is 111 Å². The summed E-state index contributed by atoms with van der Waals surface area (Å²) in [5.74, 6) is 0. The van der Waals surface area contributed by atoms with Crippen LogP contribution in [0, 0.1) is 0 Å². The molecule has 0 aromatic heterocycles. The summed E-state index contributed by atoms with van der Waals surface area (Å²) in [7, 11) is 0. The lowest BCUT2D eigenvalue weighted by Crippen LogP contribution is -2.49. The van der Waals surface area contributed by atoms with Crippen LogP contribution < -0.4 is 0 Å². The van der Waals surface area contributed by atoms with Gasteiger partial charge in [-0.3, -0.25) is 0 Å². The first-order valence-corrected chi connectivity index (χ1v) is 12.7. The Hall–Kier alpha value is -1.08. The van der Waals surface area contributed by atoms with Crippen molar-refractivity contribution in [3.8, 4) is 0 Å². The first-order valence-electron chi connectivity index (χ1n) is 12.7. The number of unbranched alkanes of at least 4 members (excludes halogenated alkanes) is 9. The van der Waals surface area contributed by atoms with Gasteiger partial charge in [0.2, 0.25) is 0 Å². The summed E-state index contributed by atoms with van der Waals surface area (Å²) in [6.45, 7) is 18.5. The van der Waals surface area contributed by atoms with Gasteiger partial charge in [0.15, 0.2) is 0 Å². The molecule has 1 nitrogen and oxygen atoms in total.